The predicted octanol–water partition coefficient (Wildman–Crippen LogP) is 5.21. The lowest BCUT2D eigenvalue weighted by Gasteiger charge is -2.13. The first-order valence-electron chi connectivity index (χ1n) is 10.9. The highest BCUT2D eigenvalue weighted by molar-refractivity contribution is 7.09. The van der Waals surface area contributed by atoms with Crippen LogP contribution < -0.4 is 5.32 Å². The number of hydrogen-bond donors (Lipinski definition) is 1. The van der Waals surface area contributed by atoms with Crippen LogP contribution in [0.2, 0.25) is 0 Å². The number of nitrogens with one attached hydrogen (secondary N) is 1. The summed E-state index contributed by atoms with van der Waals surface area (Å²) >= 11 is 1.59. The van der Waals surface area contributed by atoms with Crippen molar-refractivity contribution in [2.24, 2.45) is 0 Å². The second kappa shape index (κ2) is 9.03. The molecule has 2 heterocycles. The number of anilines is 1. The van der Waals surface area contributed by atoms with E-state index in [0.717, 1.165) is 21.8 Å². The third-order valence-electron chi connectivity index (χ3n) is 5.76. The van der Waals surface area contributed by atoms with Crippen LogP contribution in [0.1, 0.15) is 41.6 Å². The Morgan fingerprint density at radius 2 is 1.68 bits per heavy atom. The molecule has 1 aromatic heterocycles. The molecule has 4 aromatic rings. The number of thiazole rings is 1. The van der Waals surface area contributed by atoms with Gasteiger partial charge in [-0.25, -0.2) is 4.98 Å². The minimum Gasteiger partial charge on any atom is -0.322 e. The number of rotatable bonds is 6. The molecule has 0 radical (unpaired) electrons. The van der Waals surface area contributed by atoms with Crippen LogP contribution in [0.25, 0.3) is 11.3 Å². The fraction of sp³-hybridized carbons (Fsp3) is 0.111. The molecule has 0 aliphatic carbocycles. The molecule has 34 heavy (non-hydrogen) atoms. The van der Waals surface area contributed by atoms with Gasteiger partial charge in [0.2, 0.25) is 0 Å². The standard InChI is InChI=1S/C27H21N3O3S/c1-17-28-24(16-34-17)19-7-10-21(11-8-19)29-25(31)20-9-12-22-23(15-20)27(33)30(26(22)32)14-13-18-5-3-2-4-6-18/h2-12,15-16H,13-14H2,1H3,(H,29,31). The third-order valence-corrected chi connectivity index (χ3v) is 6.53. The van der Waals surface area contributed by atoms with E-state index in [1.54, 1.807) is 23.5 Å². The molecule has 6 nitrogen and oxygen atoms in total. The van der Waals surface area contributed by atoms with Gasteiger partial charge in [0.25, 0.3) is 17.7 Å². The maximum absolute atomic E-state index is 12.9. The van der Waals surface area contributed by atoms with Crippen LogP contribution in [-0.4, -0.2) is 34.2 Å². The van der Waals surface area contributed by atoms with Crippen LogP contribution >= 0.6 is 11.3 Å². The van der Waals surface area contributed by atoms with Crippen molar-refractivity contribution >= 4 is 34.7 Å². The molecule has 1 aliphatic rings. The Bertz CT molecular complexity index is 1390. The van der Waals surface area contributed by atoms with E-state index in [1.165, 1.54) is 11.0 Å². The Kier molecular flexibility index (Phi) is 5.77. The molecule has 1 N–H and O–H groups in total. The average molecular weight is 468 g/mol. The number of imide groups is 1. The first-order valence-corrected chi connectivity index (χ1v) is 11.8. The average Bonchev–Trinajstić information content (AvgIpc) is 3.40. The van der Waals surface area contributed by atoms with Gasteiger partial charge in [0.05, 0.1) is 21.8 Å². The van der Waals surface area contributed by atoms with Crippen molar-refractivity contribution in [1.82, 2.24) is 9.88 Å². The van der Waals surface area contributed by atoms with Gasteiger partial charge in [-0.3, -0.25) is 19.3 Å². The Hall–Kier alpha value is -4.10. The van der Waals surface area contributed by atoms with Crippen LogP contribution in [0.15, 0.2) is 78.2 Å². The van der Waals surface area contributed by atoms with Crippen molar-refractivity contribution in [2.45, 2.75) is 13.3 Å². The Morgan fingerprint density at radius 3 is 2.38 bits per heavy atom. The van der Waals surface area contributed by atoms with Crippen LogP contribution in [-0.2, 0) is 6.42 Å². The van der Waals surface area contributed by atoms with Crippen LogP contribution in [0.3, 0.4) is 0 Å². The molecule has 0 saturated carbocycles. The lowest BCUT2D eigenvalue weighted by molar-refractivity contribution is 0.0656. The van der Waals surface area contributed by atoms with Gasteiger partial charge in [0, 0.05) is 28.7 Å². The van der Waals surface area contributed by atoms with Gasteiger partial charge in [0.1, 0.15) is 0 Å². The molecule has 168 valence electrons. The van der Waals surface area contributed by atoms with Gasteiger partial charge in [-0.2, -0.15) is 0 Å². The van der Waals surface area contributed by atoms with Gasteiger partial charge < -0.3 is 5.32 Å². The first kappa shape index (κ1) is 21.7. The van der Waals surface area contributed by atoms with E-state index in [0.29, 0.717) is 29.8 Å². The minimum absolute atomic E-state index is 0.264. The second-order valence-corrected chi connectivity index (χ2v) is 9.10. The summed E-state index contributed by atoms with van der Waals surface area (Å²) in [6, 6.07) is 21.8. The molecular formula is C27H21N3O3S. The maximum Gasteiger partial charge on any atom is 0.261 e. The number of carbonyl (C=O) groups is 3. The molecule has 3 amide bonds. The summed E-state index contributed by atoms with van der Waals surface area (Å²) in [6.45, 7) is 2.25. The zero-order valence-electron chi connectivity index (χ0n) is 18.4. The number of amides is 3. The molecule has 0 atom stereocenters. The van der Waals surface area contributed by atoms with Crippen molar-refractivity contribution in [2.75, 3.05) is 11.9 Å². The summed E-state index contributed by atoms with van der Waals surface area (Å²) in [4.78, 5) is 44.2. The number of benzene rings is 3. The van der Waals surface area contributed by atoms with Crippen LogP contribution in [0.5, 0.6) is 0 Å². The number of fused-ring (bicyclic) bond motifs is 1. The van der Waals surface area contributed by atoms with E-state index < -0.39 is 0 Å². The van der Waals surface area contributed by atoms with Gasteiger partial charge in [-0.1, -0.05) is 42.5 Å². The fourth-order valence-electron chi connectivity index (χ4n) is 3.94. The molecule has 0 fully saturated rings. The van der Waals surface area contributed by atoms with Gasteiger partial charge in [-0.15, -0.1) is 11.3 Å². The smallest absolute Gasteiger partial charge is 0.261 e. The van der Waals surface area contributed by atoms with Crippen molar-refractivity contribution < 1.29 is 14.4 Å². The monoisotopic (exact) mass is 467 g/mol. The summed E-state index contributed by atoms with van der Waals surface area (Å²) in [5.41, 5.74) is 4.48. The van der Waals surface area contributed by atoms with Gasteiger partial charge in [0.15, 0.2) is 0 Å². The van der Waals surface area contributed by atoms with Crippen molar-refractivity contribution in [3.05, 3.63) is 105 Å². The first-order chi connectivity index (χ1) is 16.5. The van der Waals surface area contributed by atoms with Gasteiger partial charge in [-0.05, 0) is 49.2 Å². The van der Waals surface area contributed by atoms with E-state index in [4.69, 9.17) is 0 Å². The number of aryl methyl sites for hydroxylation is 1. The normalized spacial score (nSPS) is 12.7. The number of nitrogens with zero attached hydrogens (tertiary/aromatic N) is 2. The summed E-state index contributed by atoms with van der Waals surface area (Å²) < 4.78 is 0. The molecule has 0 bridgehead atoms. The maximum atomic E-state index is 12.9. The summed E-state index contributed by atoms with van der Waals surface area (Å²) in [6.07, 6.45) is 0.579. The summed E-state index contributed by atoms with van der Waals surface area (Å²) in [5.74, 6) is -1.03. The third kappa shape index (κ3) is 4.25. The largest absolute Gasteiger partial charge is 0.322 e. The quantitative estimate of drug-likeness (QED) is 0.395. The van der Waals surface area contributed by atoms with E-state index in [9.17, 15) is 14.4 Å². The summed E-state index contributed by atoms with van der Waals surface area (Å²) in [5, 5.41) is 5.84. The highest BCUT2D eigenvalue weighted by atomic mass is 32.1. The SMILES string of the molecule is Cc1nc(-c2ccc(NC(=O)c3ccc4c(c3)C(=O)N(CCc3ccccc3)C4=O)cc2)cs1. The van der Waals surface area contributed by atoms with Gasteiger partial charge >= 0.3 is 0 Å². The Morgan fingerprint density at radius 1 is 0.941 bits per heavy atom. The number of aromatic nitrogens is 1. The van der Waals surface area contributed by atoms with Crippen LogP contribution in [0, 0.1) is 6.92 Å². The molecule has 0 unspecified atom stereocenters. The molecule has 3 aromatic carbocycles. The van der Waals surface area contributed by atoms with Crippen LogP contribution in [0.4, 0.5) is 5.69 Å². The lowest BCUT2D eigenvalue weighted by atomic mass is 10.1. The minimum atomic E-state index is -0.367. The number of hydrogen-bond acceptors (Lipinski definition) is 5. The molecule has 5 rings (SSSR count). The molecular weight excluding hydrogens is 446 g/mol. The molecule has 0 spiro atoms. The molecule has 7 heteroatoms. The highest BCUT2D eigenvalue weighted by Gasteiger charge is 2.35. The van der Waals surface area contributed by atoms with E-state index in [2.05, 4.69) is 10.3 Å². The summed E-state index contributed by atoms with van der Waals surface area (Å²) in [7, 11) is 0. The molecule has 0 saturated heterocycles. The Balaban J connectivity index is 1.28. The fourth-order valence-corrected chi connectivity index (χ4v) is 4.57. The lowest BCUT2D eigenvalue weighted by Crippen LogP contribution is -2.31. The number of carbonyl (C=O) groups excluding carboxylic acids is 3. The van der Waals surface area contributed by atoms with E-state index in [-0.39, 0.29) is 23.3 Å². The second-order valence-electron chi connectivity index (χ2n) is 8.04. The van der Waals surface area contributed by atoms with Crippen molar-refractivity contribution in [1.29, 1.82) is 0 Å². The van der Waals surface area contributed by atoms with E-state index >= 15 is 0 Å². The van der Waals surface area contributed by atoms with Crippen molar-refractivity contribution in [3.63, 3.8) is 0 Å². The molecule has 1 aliphatic heterocycles. The van der Waals surface area contributed by atoms with E-state index in [1.807, 2.05) is 66.9 Å². The zero-order valence-corrected chi connectivity index (χ0v) is 19.3. The Labute approximate surface area is 200 Å². The highest BCUT2D eigenvalue weighted by Crippen LogP contribution is 2.26. The van der Waals surface area contributed by atoms with Crippen molar-refractivity contribution in [3.8, 4) is 11.3 Å². The topological polar surface area (TPSA) is 79.4 Å². The predicted molar refractivity (Wildman–Crippen MR) is 132 cm³/mol. The zero-order chi connectivity index (χ0) is 23.7.